The smallest absolute Gasteiger partial charge is 0.404 e. The van der Waals surface area contributed by atoms with Crippen LogP contribution >= 0.6 is 7.82 Å². The summed E-state index contributed by atoms with van der Waals surface area (Å²) in [6.07, 6.45) is -6.16. The summed E-state index contributed by atoms with van der Waals surface area (Å²) >= 11 is 0. The van der Waals surface area contributed by atoms with Crippen molar-refractivity contribution in [3.05, 3.63) is 29.8 Å². The monoisotopic (exact) mass is 549 g/mol. The first-order valence-electron chi connectivity index (χ1n) is 12.0. The summed E-state index contributed by atoms with van der Waals surface area (Å²) < 4.78 is 33.4. The number of hydrogen-bond donors (Lipinski definition) is 9. The number of nitrogens with one attached hydrogen (secondary N) is 3. The largest absolute Gasteiger partial charge is 0.524 e. The van der Waals surface area contributed by atoms with Gasteiger partial charge in [0, 0.05) is 19.5 Å². The number of ether oxygens (including phenoxy) is 3. The highest BCUT2D eigenvalue weighted by atomic mass is 31.2. The molecule has 0 radical (unpaired) electrons. The molecule has 15 heteroatoms. The van der Waals surface area contributed by atoms with Crippen molar-refractivity contribution in [3.63, 3.8) is 0 Å². The Morgan fingerprint density at radius 1 is 1.03 bits per heavy atom. The molecule has 10 atom stereocenters. The average Bonchev–Trinajstić information content (AvgIpc) is 2.80. The van der Waals surface area contributed by atoms with Crippen molar-refractivity contribution in [2.45, 2.75) is 80.2 Å². The lowest BCUT2D eigenvalue weighted by molar-refractivity contribution is -0.482. The number of phosphoric acid groups is 1. The van der Waals surface area contributed by atoms with Gasteiger partial charge in [-0.05, 0) is 38.7 Å². The van der Waals surface area contributed by atoms with E-state index in [4.69, 9.17) is 24.0 Å². The summed E-state index contributed by atoms with van der Waals surface area (Å²) in [6.45, 7) is 1.82. The normalized spacial score (nSPS) is 42.1. The van der Waals surface area contributed by atoms with Crippen LogP contribution in [0.3, 0.4) is 0 Å². The van der Waals surface area contributed by atoms with E-state index in [0.717, 1.165) is 5.56 Å². The fraction of sp³-hybridized carbons (Fsp3) is 0.727. The fourth-order valence-electron chi connectivity index (χ4n) is 5.45. The van der Waals surface area contributed by atoms with Gasteiger partial charge in [0.05, 0.1) is 24.3 Å². The molecule has 4 rings (SSSR count). The quantitative estimate of drug-likeness (QED) is 0.154. The number of benzene rings is 1. The number of rotatable bonds is 8. The van der Waals surface area contributed by atoms with E-state index in [2.05, 4.69) is 20.5 Å². The summed E-state index contributed by atoms with van der Waals surface area (Å²) in [4.78, 5) is 17.8. The number of fused-ring (bicyclic) bond motifs is 2. The first kappa shape index (κ1) is 28.8. The van der Waals surface area contributed by atoms with E-state index in [0.29, 0.717) is 0 Å². The molecular weight excluding hydrogens is 513 g/mol. The van der Waals surface area contributed by atoms with E-state index < -0.39 is 68.1 Å². The van der Waals surface area contributed by atoms with E-state index in [1.165, 1.54) is 12.1 Å². The zero-order valence-electron chi connectivity index (χ0n) is 20.7. The van der Waals surface area contributed by atoms with Crippen LogP contribution in [0.2, 0.25) is 0 Å². The van der Waals surface area contributed by atoms with Gasteiger partial charge in [0.15, 0.2) is 0 Å². The molecule has 14 nitrogen and oxygen atoms in total. The molecule has 1 aromatic carbocycles. The van der Waals surface area contributed by atoms with Gasteiger partial charge in [-0.1, -0.05) is 12.1 Å². The Labute approximate surface area is 214 Å². The Bertz CT molecular complexity index is 983. The molecule has 3 aliphatic rings. The van der Waals surface area contributed by atoms with Gasteiger partial charge in [-0.2, -0.15) is 0 Å². The van der Waals surface area contributed by atoms with Crippen LogP contribution in [0.25, 0.3) is 0 Å². The SMILES string of the molecule is CN[C@@H]1[C@H](O)[C@H](NC)[C@H]2O[C@]3(O)[C@H](O[C@@H]2[C@H]1O)O[C@H](C)C[C@@]3(O)CNCc1ccc(OP(=O)(O)O)cc1. The molecular formula is C22H36N3O11P. The average molecular weight is 550 g/mol. The molecule has 3 fully saturated rings. The van der Waals surface area contributed by atoms with E-state index in [9.17, 15) is 25.0 Å². The highest BCUT2D eigenvalue weighted by Gasteiger charge is 2.68. The maximum atomic E-state index is 11.7. The van der Waals surface area contributed by atoms with E-state index in [1.54, 1.807) is 33.2 Å². The van der Waals surface area contributed by atoms with Crippen LogP contribution in [0, 0.1) is 0 Å². The van der Waals surface area contributed by atoms with Gasteiger partial charge in [-0.25, -0.2) is 4.57 Å². The maximum Gasteiger partial charge on any atom is 0.524 e. The second-order valence-electron chi connectivity index (χ2n) is 9.83. The van der Waals surface area contributed by atoms with Gasteiger partial charge >= 0.3 is 7.82 Å². The third-order valence-corrected chi connectivity index (χ3v) is 7.69. The summed E-state index contributed by atoms with van der Waals surface area (Å²) in [5.41, 5.74) is -1.16. The molecule has 2 heterocycles. The van der Waals surface area contributed by atoms with Crippen LogP contribution in [0.1, 0.15) is 18.9 Å². The van der Waals surface area contributed by atoms with Crippen molar-refractivity contribution >= 4 is 7.82 Å². The van der Waals surface area contributed by atoms with Gasteiger partial charge in [-0.3, -0.25) is 9.79 Å². The lowest BCUT2D eigenvalue weighted by Crippen LogP contribution is -2.81. The van der Waals surface area contributed by atoms with Crippen LogP contribution in [-0.2, 0) is 25.3 Å². The minimum absolute atomic E-state index is 0.00270. The first-order valence-corrected chi connectivity index (χ1v) is 13.5. The minimum atomic E-state index is -4.66. The summed E-state index contributed by atoms with van der Waals surface area (Å²) in [5, 5.41) is 53.9. The molecule has 0 unspecified atom stereocenters. The number of likely N-dealkylation sites (N-methyl/N-ethyl adjacent to an activating group) is 2. The lowest BCUT2D eigenvalue weighted by atomic mass is 9.77. The van der Waals surface area contributed by atoms with Gasteiger partial charge < -0.3 is 55.1 Å². The molecule has 37 heavy (non-hydrogen) atoms. The molecule has 2 aliphatic heterocycles. The zero-order valence-corrected chi connectivity index (χ0v) is 21.6. The van der Waals surface area contributed by atoms with Crippen LogP contribution in [0.4, 0.5) is 0 Å². The Hall–Kier alpha value is -1.23. The van der Waals surface area contributed by atoms with E-state index >= 15 is 0 Å². The number of hydrogen-bond acceptors (Lipinski definition) is 12. The van der Waals surface area contributed by atoms with E-state index in [-0.39, 0.29) is 25.3 Å². The molecule has 1 aromatic rings. The molecule has 1 saturated carbocycles. The predicted molar refractivity (Wildman–Crippen MR) is 127 cm³/mol. The second kappa shape index (κ2) is 10.7. The van der Waals surface area contributed by atoms with Crippen molar-refractivity contribution in [3.8, 4) is 5.75 Å². The Balaban J connectivity index is 1.49. The van der Waals surface area contributed by atoms with Crippen molar-refractivity contribution in [1.82, 2.24) is 16.0 Å². The Kier molecular flexibility index (Phi) is 8.35. The maximum absolute atomic E-state index is 11.7. The van der Waals surface area contributed by atoms with Crippen LogP contribution < -0.4 is 20.5 Å². The highest BCUT2D eigenvalue weighted by molar-refractivity contribution is 7.46. The molecule has 1 aliphatic carbocycles. The Morgan fingerprint density at radius 2 is 1.68 bits per heavy atom. The Morgan fingerprint density at radius 3 is 2.27 bits per heavy atom. The molecule has 0 aromatic heterocycles. The zero-order chi connectivity index (χ0) is 27.2. The predicted octanol–water partition coefficient (Wildman–Crippen LogP) is -2.50. The molecule has 0 spiro atoms. The van der Waals surface area contributed by atoms with Gasteiger partial charge in [0.1, 0.15) is 29.7 Å². The number of phosphoric ester groups is 1. The summed E-state index contributed by atoms with van der Waals surface area (Å²) in [6, 6.07) is 4.53. The van der Waals surface area contributed by atoms with Gasteiger partial charge in [-0.15, -0.1) is 0 Å². The van der Waals surface area contributed by atoms with Crippen molar-refractivity contribution in [2.24, 2.45) is 0 Å². The van der Waals surface area contributed by atoms with Crippen molar-refractivity contribution < 1.29 is 53.5 Å². The third kappa shape index (κ3) is 5.58. The van der Waals surface area contributed by atoms with Crippen LogP contribution in [0.5, 0.6) is 5.75 Å². The van der Waals surface area contributed by atoms with Gasteiger partial charge in [0.2, 0.25) is 12.1 Å². The minimum Gasteiger partial charge on any atom is -0.404 e. The summed E-state index contributed by atoms with van der Waals surface area (Å²) in [7, 11) is -1.45. The summed E-state index contributed by atoms with van der Waals surface area (Å²) in [5.74, 6) is -2.32. The number of aliphatic hydroxyl groups excluding tert-OH is 2. The van der Waals surface area contributed by atoms with Crippen LogP contribution in [-0.4, -0.2) is 111 Å². The molecule has 210 valence electrons. The third-order valence-electron chi connectivity index (χ3n) is 7.24. The highest BCUT2D eigenvalue weighted by Crippen LogP contribution is 2.46. The molecule has 9 N–H and O–H groups in total. The van der Waals surface area contributed by atoms with Crippen molar-refractivity contribution in [2.75, 3.05) is 20.6 Å². The molecule has 0 amide bonds. The van der Waals surface area contributed by atoms with Gasteiger partial charge in [0.25, 0.3) is 0 Å². The van der Waals surface area contributed by atoms with Crippen molar-refractivity contribution in [1.29, 1.82) is 0 Å². The standard InChI is InChI=1S/C22H36N3O11P/c1-11-8-21(28,10-25-9-12-4-6-13(7-5-12)36-37(30,31)32)22(29)20(33-11)34-19-17(27)14(23-2)16(26)15(24-3)18(19)35-22/h4-7,11,14-20,23-29H,8-10H2,1-3H3,(H2,30,31,32)/t11-,14-,15+,16+,17+,18-,19-,20+,21-,22-/m1/s1. The molecule has 0 bridgehead atoms. The second-order valence-corrected chi connectivity index (χ2v) is 11.0. The fourth-order valence-corrected chi connectivity index (χ4v) is 5.84. The molecule has 2 saturated heterocycles. The first-order chi connectivity index (χ1) is 17.3. The lowest BCUT2D eigenvalue weighted by Gasteiger charge is -2.60. The topological polar surface area (TPSA) is 211 Å². The van der Waals surface area contributed by atoms with Crippen LogP contribution in [0.15, 0.2) is 24.3 Å². The number of aliphatic hydroxyl groups is 4. The van der Waals surface area contributed by atoms with E-state index in [1.807, 2.05) is 0 Å².